The van der Waals surface area contributed by atoms with Gasteiger partial charge in [-0.25, -0.2) is 14.4 Å². The van der Waals surface area contributed by atoms with Gasteiger partial charge in [-0.3, -0.25) is 0 Å². The van der Waals surface area contributed by atoms with Crippen LogP contribution in [0.25, 0.3) is 43.6 Å². The summed E-state index contributed by atoms with van der Waals surface area (Å²) in [5, 5.41) is 2.22. The van der Waals surface area contributed by atoms with Gasteiger partial charge in [-0.1, -0.05) is 120 Å². The number of hydrogen-bond donors (Lipinski definition) is 0. The molecule has 0 saturated carbocycles. The van der Waals surface area contributed by atoms with Gasteiger partial charge in [-0.2, -0.15) is 10.7 Å². The molecule has 2 aliphatic rings. The van der Waals surface area contributed by atoms with Gasteiger partial charge in [0.1, 0.15) is 5.82 Å². The van der Waals surface area contributed by atoms with Crippen molar-refractivity contribution in [3.8, 4) is 28.4 Å². The van der Waals surface area contributed by atoms with Crippen LogP contribution in [0.5, 0.6) is 11.5 Å². The molecular weight excluding hydrogens is 894 g/mol. The van der Waals surface area contributed by atoms with E-state index in [0.29, 0.717) is 26.4 Å². The molecule has 2 atom stereocenters. The van der Waals surface area contributed by atoms with Gasteiger partial charge in [0, 0.05) is 68.5 Å². The molecule has 10 rings (SSSR count). The molecule has 2 aliphatic heterocycles. The van der Waals surface area contributed by atoms with Crippen molar-refractivity contribution in [3.05, 3.63) is 181 Å². The molecule has 6 aromatic carbocycles. The van der Waals surface area contributed by atoms with E-state index in [9.17, 15) is 0 Å². The monoisotopic (exact) mass is 935 g/mol. The Hall–Kier alpha value is -5.83. The van der Waals surface area contributed by atoms with Crippen LogP contribution in [0.4, 0.5) is 28.4 Å². The maximum atomic E-state index is 8.16. The maximum Gasteiger partial charge on any atom is 0.225 e. The van der Waals surface area contributed by atoms with E-state index in [2.05, 4.69) is 179 Å². The SMILES string of the molecule is [C-]#[N+]c1cc([N@+]23[CH-][N+]2(c2[c-]c(Oc4[c-]c5c(cc4)c4ccccc4n5-c4cc(C(C)(C)C)ccn4)cc(C(C)(C)C)c2)c2ccccc23)ccc1-c1ccccc1.[Pt]. The van der Waals surface area contributed by atoms with Crippen molar-refractivity contribution in [1.29, 1.82) is 0 Å². The summed E-state index contributed by atoms with van der Waals surface area (Å²) in [5.74, 6) is 2.08. The van der Waals surface area contributed by atoms with E-state index < -0.39 is 0 Å². The summed E-state index contributed by atoms with van der Waals surface area (Å²) < 4.78 is 9.94. The van der Waals surface area contributed by atoms with Gasteiger partial charge in [-0.05, 0) is 51.1 Å². The van der Waals surface area contributed by atoms with Gasteiger partial charge in [-0.15, -0.1) is 35.2 Å². The minimum Gasteiger partial charge on any atom is -0.509 e. The second-order valence-corrected chi connectivity index (χ2v) is 17.2. The number of ether oxygens (including phenoxy) is 1. The minimum atomic E-state index is -0.172. The number of quaternary nitrogens is 2. The van der Waals surface area contributed by atoms with Crippen LogP contribution in [0.1, 0.15) is 52.7 Å². The first-order valence-electron chi connectivity index (χ1n) is 19.4. The van der Waals surface area contributed by atoms with E-state index in [4.69, 9.17) is 16.3 Å². The molecule has 8 aromatic rings. The molecule has 0 aliphatic carbocycles. The Balaban J connectivity index is 0.00000436. The van der Waals surface area contributed by atoms with Crippen molar-refractivity contribution in [3.63, 3.8) is 0 Å². The summed E-state index contributed by atoms with van der Waals surface area (Å²) in [6.07, 6.45) is 1.90. The molecule has 0 N–H and O–H groups in total. The second-order valence-electron chi connectivity index (χ2n) is 17.2. The summed E-state index contributed by atoms with van der Waals surface area (Å²) in [4.78, 5) is 8.87. The number of aromatic nitrogens is 2. The number of pyridine rings is 1. The Labute approximate surface area is 354 Å². The van der Waals surface area contributed by atoms with Gasteiger partial charge >= 0.3 is 0 Å². The van der Waals surface area contributed by atoms with Crippen LogP contribution < -0.4 is 13.9 Å². The molecule has 1 fully saturated rings. The summed E-state index contributed by atoms with van der Waals surface area (Å²) >= 11 is 0. The first-order chi connectivity index (χ1) is 27.4. The van der Waals surface area contributed by atoms with Crippen molar-refractivity contribution >= 4 is 50.2 Å². The van der Waals surface area contributed by atoms with Gasteiger partial charge in [0.15, 0.2) is 12.4 Å². The Kier molecular flexibility index (Phi) is 8.69. The first-order valence-corrected chi connectivity index (χ1v) is 19.4. The molecule has 0 radical (unpaired) electrons. The predicted octanol–water partition coefficient (Wildman–Crippen LogP) is 13.7. The van der Waals surface area contributed by atoms with Crippen molar-refractivity contribution in [2.24, 2.45) is 0 Å². The van der Waals surface area contributed by atoms with Crippen molar-refractivity contribution in [1.82, 2.24) is 18.7 Å². The van der Waals surface area contributed by atoms with E-state index >= 15 is 0 Å². The third-order valence-electron chi connectivity index (χ3n) is 11.7. The molecule has 7 heteroatoms. The molecule has 1 saturated heterocycles. The first kappa shape index (κ1) is 37.7. The Morgan fingerprint density at radius 3 is 2.12 bits per heavy atom. The summed E-state index contributed by atoms with van der Waals surface area (Å²) in [5.41, 5.74) is 11.1. The van der Waals surface area contributed by atoms with Crippen LogP contribution in [0, 0.1) is 25.4 Å². The molecule has 4 heterocycles. The number of benzene rings is 6. The van der Waals surface area contributed by atoms with Gasteiger partial charge < -0.3 is 9.30 Å². The zero-order valence-electron chi connectivity index (χ0n) is 33.3. The summed E-state index contributed by atoms with van der Waals surface area (Å²) in [7, 11) is 0. The van der Waals surface area contributed by atoms with Crippen molar-refractivity contribution in [2.45, 2.75) is 52.4 Å². The number of hydrogen-bond acceptors (Lipinski definition) is 2. The third kappa shape index (κ3) is 5.60. The average Bonchev–Trinajstić information content (AvgIpc) is 3.71. The number of para-hydroxylation sites is 3. The quantitative estimate of drug-likeness (QED) is 0.0945. The summed E-state index contributed by atoms with van der Waals surface area (Å²) in [6, 6.07) is 53.7. The Morgan fingerprint density at radius 1 is 0.672 bits per heavy atom. The van der Waals surface area contributed by atoms with E-state index in [-0.39, 0.29) is 31.9 Å². The molecule has 0 bridgehead atoms. The normalized spacial score (nSPS) is 18.1. The summed E-state index contributed by atoms with van der Waals surface area (Å²) in [6.45, 7) is 23.9. The van der Waals surface area contributed by atoms with Crippen LogP contribution in [-0.2, 0) is 31.9 Å². The van der Waals surface area contributed by atoms with Crippen LogP contribution in [0.2, 0.25) is 0 Å². The fourth-order valence-corrected chi connectivity index (χ4v) is 8.61. The average molecular weight is 936 g/mol. The van der Waals surface area contributed by atoms with Crippen molar-refractivity contribution < 1.29 is 25.8 Å². The van der Waals surface area contributed by atoms with Crippen LogP contribution in [-0.4, -0.2) is 9.55 Å². The van der Waals surface area contributed by atoms with E-state index in [1.165, 1.54) is 16.9 Å². The molecular formula is C51H42N5OPt-. The smallest absolute Gasteiger partial charge is 0.225 e. The third-order valence-corrected chi connectivity index (χ3v) is 11.7. The van der Waals surface area contributed by atoms with E-state index in [0.717, 1.165) is 55.7 Å². The van der Waals surface area contributed by atoms with Crippen LogP contribution in [0.3, 0.4) is 0 Å². The fourth-order valence-electron chi connectivity index (χ4n) is 8.61. The number of fused-ring (bicyclic) bond motifs is 7. The molecule has 1 unspecified atom stereocenters. The predicted molar refractivity (Wildman–Crippen MR) is 232 cm³/mol. The standard InChI is InChI=1S/C51H42N5O.Pt/c1-50(2,3)35-25-26-53-49(29-35)54-45-18-12-11-17-42(45)43-24-22-39(32-46(43)54)57-40-28-36(51(4,5)6)27-38(30-40)56-33-55(56,47-19-13-14-20-48(47)56)37-21-23-41(44(31-37)52-7)34-15-9-8-10-16-34;/h8-29,31,33H,1-6H3;/q-1;/t55-,56?;/m0./s1. The number of rotatable bonds is 6. The van der Waals surface area contributed by atoms with Gasteiger partial charge in [0.05, 0.1) is 12.3 Å². The zero-order valence-corrected chi connectivity index (χ0v) is 35.6. The largest absolute Gasteiger partial charge is 0.509 e. The Morgan fingerprint density at radius 2 is 1.38 bits per heavy atom. The topological polar surface area (TPSA) is 31.4 Å². The molecule has 2 aromatic heterocycles. The van der Waals surface area contributed by atoms with Gasteiger partial charge in [0.2, 0.25) is 17.1 Å². The second kappa shape index (κ2) is 13.4. The molecule has 58 heavy (non-hydrogen) atoms. The van der Waals surface area contributed by atoms with E-state index in [1.807, 2.05) is 30.5 Å². The fraction of sp³-hybridized carbons (Fsp3) is 0.157. The minimum absolute atomic E-state index is 0. The van der Waals surface area contributed by atoms with Gasteiger partial charge in [0.25, 0.3) is 0 Å². The van der Waals surface area contributed by atoms with E-state index in [1.54, 1.807) is 0 Å². The van der Waals surface area contributed by atoms with Crippen LogP contribution >= 0.6 is 0 Å². The maximum absolute atomic E-state index is 8.16. The van der Waals surface area contributed by atoms with Crippen LogP contribution in [0.15, 0.2) is 140 Å². The van der Waals surface area contributed by atoms with Crippen molar-refractivity contribution in [2.75, 3.05) is 0 Å². The molecule has 6 nitrogen and oxygen atoms in total. The Bertz CT molecular complexity index is 2970. The molecule has 0 spiro atoms. The number of nitrogens with zero attached hydrogens (tertiary/aromatic N) is 5. The molecule has 288 valence electrons. The zero-order chi connectivity index (χ0) is 39.3. The molecule has 0 amide bonds.